The fraction of sp³-hybridized carbons (Fsp3) is 0.143. The number of hydrogen-bond acceptors (Lipinski definition) is 3. The van der Waals surface area contributed by atoms with Crippen molar-refractivity contribution in [3.05, 3.63) is 36.4 Å². The molecular weight excluding hydrogens is 346 g/mol. The normalized spacial score (nSPS) is 12.8. The van der Waals surface area contributed by atoms with Gasteiger partial charge in [0, 0.05) is 20.2 Å². The zero-order chi connectivity index (χ0) is 16.8. The van der Waals surface area contributed by atoms with E-state index in [9.17, 15) is 26.3 Å². The quantitative estimate of drug-likeness (QED) is 0.539. The lowest BCUT2D eigenvalue weighted by molar-refractivity contribution is -0.275. The number of thiophene rings is 1. The molecule has 0 aliphatic rings. The monoisotopic (exact) mass is 352 g/mol. The standard InChI is InChI=1S/C14H6F6O2S/c15-13(16,17)21-7-1-3-11-9(5-7)10-6-8(22-14(18,19)20)2-4-12(10)23-11/h1-6H. The molecule has 1 aromatic heterocycles. The molecule has 3 aromatic rings. The van der Waals surface area contributed by atoms with Crippen LogP contribution in [0.5, 0.6) is 11.5 Å². The van der Waals surface area contributed by atoms with E-state index in [0.29, 0.717) is 20.2 Å². The highest BCUT2D eigenvalue weighted by Crippen LogP contribution is 2.39. The lowest BCUT2D eigenvalue weighted by Gasteiger charge is -2.09. The fourth-order valence-electron chi connectivity index (χ4n) is 2.13. The molecule has 0 radical (unpaired) electrons. The van der Waals surface area contributed by atoms with Gasteiger partial charge < -0.3 is 9.47 Å². The van der Waals surface area contributed by atoms with Crippen LogP contribution in [0.2, 0.25) is 0 Å². The van der Waals surface area contributed by atoms with Crippen molar-refractivity contribution in [2.45, 2.75) is 12.7 Å². The molecule has 0 saturated heterocycles. The van der Waals surface area contributed by atoms with E-state index < -0.39 is 24.2 Å². The summed E-state index contributed by atoms with van der Waals surface area (Å²) < 4.78 is 82.5. The molecule has 9 heteroatoms. The van der Waals surface area contributed by atoms with Gasteiger partial charge in [0.2, 0.25) is 0 Å². The Labute approximate surface area is 128 Å². The van der Waals surface area contributed by atoms with Crippen LogP contribution in [0, 0.1) is 0 Å². The maximum absolute atomic E-state index is 12.3. The van der Waals surface area contributed by atoms with Crippen molar-refractivity contribution in [3.8, 4) is 11.5 Å². The lowest BCUT2D eigenvalue weighted by Crippen LogP contribution is -2.17. The van der Waals surface area contributed by atoms with E-state index >= 15 is 0 Å². The van der Waals surface area contributed by atoms with Crippen molar-refractivity contribution in [1.29, 1.82) is 0 Å². The molecule has 122 valence electrons. The number of fused-ring (bicyclic) bond motifs is 3. The maximum Gasteiger partial charge on any atom is 0.573 e. The molecule has 0 fully saturated rings. The Morgan fingerprint density at radius 2 is 1.04 bits per heavy atom. The third-order valence-electron chi connectivity index (χ3n) is 2.88. The van der Waals surface area contributed by atoms with Gasteiger partial charge in [0.25, 0.3) is 0 Å². The van der Waals surface area contributed by atoms with Gasteiger partial charge in [0.15, 0.2) is 0 Å². The second-order valence-electron chi connectivity index (χ2n) is 4.51. The minimum atomic E-state index is -4.84. The molecule has 0 atom stereocenters. The largest absolute Gasteiger partial charge is 0.573 e. The topological polar surface area (TPSA) is 18.5 Å². The minimum Gasteiger partial charge on any atom is -0.406 e. The Kier molecular flexibility index (Phi) is 3.55. The Bertz CT molecular complexity index is 795. The van der Waals surface area contributed by atoms with Crippen LogP contribution in [-0.4, -0.2) is 12.7 Å². The van der Waals surface area contributed by atoms with Crippen molar-refractivity contribution < 1.29 is 35.8 Å². The van der Waals surface area contributed by atoms with Crippen molar-refractivity contribution in [2.75, 3.05) is 0 Å². The molecular formula is C14H6F6O2S. The van der Waals surface area contributed by atoms with E-state index in [4.69, 9.17) is 0 Å². The molecule has 0 unspecified atom stereocenters. The number of alkyl halides is 6. The van der Waals surface area contributed by atoms with Gasteiger partial charge in [-0.3, -0.25) is 0 Å². The first-order valence-electron chi connectivity index (χ1n) is 6.08. The average Bonchev–Trinajstić information content (AvgIpc) is 2.73. The van der Waals surface area contributed by atoms with Gasteiger partial charge in [-0.05, 0) is 36.4 Å². The van der Waals surface area contributed by atoms with E-state index in [1.54, 1.807) is 0 Å². The first-order chi connectivity index (χ1) is 10.6. The summed E-state index contributed by atoms with van der Waals surface area (Å²) in [6.45, 7) is 0. The molecule has 2 nitrogen and oxygen atoms in total. The molecule has 0 saturated carbocycles. The molecule has 0 aliphatic heterocycles. The summed E-state index contributed by atoms with van der Waals surface area (Å²) in [5, 5.41) is 0.721. The summed E-state index contributed by atoms with van der Waals surface area (Å²) >= 11 is 1.24. The Hall–Kier alpha value is -2.16. The first kappa shape index (κ1) is 15.7. The number of benzene rings is 2. The van der Waals surface area contributed by atoms with Crippen LogP contribution in [0.25, 0.3) is 20.2 Å². The maximum atomic E-state index is 12.3. The van der Waals surface area contributed by atoms with Crippen LogP contribution in [0.1, 0.15) is 0 Å². The first-order valence-corrected chi connectivity index (χ1v) is 6.90. The van der Waals surface area contributed by atoms with E-state index in [-0.39, 0.29) is 0 Å². The molecule has 2 aromatic carbocycles. The Morgan fingerprint density at radius 3 is 1.39 bits per heavy atom. The number of ether oxygens (including phenoxy) is 2. The summed E-state index contributed by atoms with van der Waals surface area (Å²) in [7, 11) is 0. The number of halogens is 6. The molecule has 0 amide bonds. The molecule has 0 N–H and O–H groups in total. The van der Waals surface area contributed by atoms with Gasteiger partial charge in [-0.2, -0.15) is 0 Å². The summed E-state index contributed by atoms with van der Waals surface area (Å²) in [6.07, 6.45) is -9.69. The summed E-state index contributed by atoms with van der Waals surface area (Å²) in [5.41, 5.74) is 0. The van der Waals surface area contributed by atoms with E-state index in [2.05, 4.69) is 9.47 Å². The zero-order valence-electron chi connectivity index (χ0n) is 11.0. The second-order valence-corrected chi connectivity index (χ2v) is 5.60. The third kappa shape index (κ3) is 3.61. The fourth-order valence-corrected chi connectivity index (χ4v) is 3.20. The zero-order valence-corrected chi connectivity index (χ0v) is 11.8. The van der Waals surface area contributed by atoms with Crippen LogP contribution in [-0.2, 0) is 0 Å². The van der Waals surface area contributed by atoms with Gasteiger partial charge in [-0.25, -0.2) is 0 Å². The number of rotatable bonds is 2. The van der Waals surface area contributed by atoms with Gasteiger partial charge in [-0.1, -0.05) is 0 Å². The van der Waals surface area contributed by atoms with Crippen molar-refractivity contribution in [3.63, 3.8) is 0 Å². The highest BCUT2D eigenvalue weighted by Gasteiger charge is 2.32. The van der Waals surface area contributed by atoms with Gasteiger partial charge >= 0.3 is 12.7 Å². The van der Waals surface area contributed by atoms with E-state index in [1.165, 1.54) is 23.5 Å². The van der Waals surface area contributed by atoms with E-state index in [0.717, 1.165) is 24.3 Å². The minimum absolute atomic E-state index is 0.361. The highest BCUT2D eigenvalue weighted by atomic mass is 32.1. The van der Waals surface area contributed by atoms with Gasteiger partial charge in [0.05, 0.1) is 0 Å². The van der Waals surface area contributed by atoms with Crippen molar-refractivity contribution in [2.24, 2.45) is 0 Å². The molecule has 0 aliphatic carbocycles. The molecule has 0 spiro atoms. The Balaban J connectivity index is 2.09. The molecule has 23 heavy (non-hydrogen) atoms. The third-order valence-corrected chi connectivity index (χ3v) is 4.03. The number of hydrogen-bond donors (Lipinski definition) is 0. The molecule has 1 heterocycles. The van der Waals surface area contributed by atoms with Crippen LogP contribution in [0.15, 0.2) is 36.4 Å². The van der Waals surface area contributed by atoms with Crippen LogP contribution < -0.4 is 9.47 Å². The summed E-state index contributed by atoms with van der Waals surface area (Å²) in [6, 6.07) is 7.42. The van der Waals surface area contributed by atoms with Crippen LogP contribution >= 0.6 is 11.3 Å². The van der Waals surface area contributed by atoms with Crippen LogP contribution in [0.4, 0.5) is 26.3 Å². The molecule has 3 rings (SSSR count). The predicted molar refractivity (Wildman–Crippen MR) is 72.7 cm³/mol. The highest BCUT2D eigenvalue weighted by molar-refractivity contribution is 7.25. The SMILES string of the molecule is FC(F)(F)Oc1ccc2sc3ccc(OC(F)(F)F)cc3c2c1. The van der Waals surface area contributed by atoms with Gasteiger partial charge in [0.1, 0.15) is 11.5 Å². The van der Waals surface area contributed by atoms with E-state index in [1.807, 2.05) is 0 Å². The average molecular weight is 352 g/mol. The second kappa shape index (κ2) is 5.19. The summed E-state index contributed by atoms with van der Waals surface area (Å²) in [5.74, 6) is -0.876. The Morgan fingerprint density at radius 1 is 0.652 bits per heavy atom. The van der Waals surface area contributed by atoms with Crippen molar-refractivity contribution >= 4 is 31.5 Å². The van der Waals surface area contributed by atoms with Crippen LogP contribution in [0.3, 0.4) is 0 Å². The smallest absolute Gasteiger partial charge is 0.406 e. The molecule has 0 bridgehead atoms. The predicted octanol–water partition coefficient (Wildman–Crippen LogP) is 5.85. The van der Waals surface area contributed by atoms with Gasteiger partial charge in [-0.15, -0.1) is 37.7 Å². The van der Waals surface area contributed by atoms with Crippen molar-refractivity contribution in [1.82, 2.24) is 0 Å². The summed E-state index contributed by atoms with van der Waals surface area (Å²) in [4.78, 5) is 0. The lowest BCUT2D eigenvalue weighted by atomic mass is 10.1.